The van der Waals surface area contributed by atoms with Crippen LogP contribution in [-0.4, -0.2) is 60.2 Å². The third-order valence-corrected chi connectivity index (χ3v) is 3.56. The topological polar surface area (TPSA) is 77.0 Å². The van der Waals surface area contributed by atoms with Crippen molar-refractivity contribution in [3.8, 4) is 0 Å². The van der Waals surface area contributed by atoms with Gasteiger partial charge in [-0.1, -0.05) is 0 Å². The van der Waals surface area contributed by atoms with E-state index in [4.69, 9.17) is 0 Å². The van der Waals surface area contributed by atoms with E-state index in [2.05, 4.69) is 20.5 Å². The number of nitrogens with zero attached hydrogens (tertiary/aromatic N) is 2. The number of amides is 1. The molecule has 0 unspecified atom stereocenters. The average Bonchev–Trinajstić information content (AvgIpc) is 3.12. The van der Waals surface area contributed by atoms with Gasteiger partial charge in [0.1, 0.15) is 0 Å². The largest absolute Gasteiger partial charge is 0.391 e. The first-order valence-electron chi connectivity index (χ1n) is 7.69. The lowest BCUT2D eigenvalue weighted by Gasteiger charge is -2.20. The predicted octanol–water partition coefficient (Wildman–Crippen LogP) is 0.695. The Morgan fingerprint density at radius 3 is 2.71 bits per heavy atom. The van der Waals surface area contributed by atoms with E-state index in [-0.39, 0.29) is 36.0 Å². The van der Waals surface area contributed by atoms with Crippen LogP contribution < -0.4 is 10.6 Å². The van der Waals surface area contributed by atoms with E-state index in [1.54, 1.807) is 0 Å². The number of carbonyl (C=O) groups is 1. The van der Waals surface area contributed by atoms with Gasteiger partial charge in [0.25, 0.3) is 0 Å². The number of likely N-dealkylation sites (tertiary alicyclic amines) is 1. The maximum atomic E-state index is 11.5. The number of rotatable bonds is 6. The van der Waals surface area contributed by atoms with Gasteiger partial charge in [-0.25, -0.2) is 0 Å². The van der Waals surface area contributed by atoms with E-state index in [1.807, 2.05) is 6.92 Å². The maximum absolute atomic E-state index is 11.5. The molecule has 7 heteroatoms. The van der Waals surface area contributed by atoms with E-state index in [9.17, 15) is 9.90 Å². The molecule has 1 saturated carbocycles. The Hall–Kier alpha value is -0.570. The third-order valence-electron chi connectivity index (χ3n) is 3.56. The second-order valence-corrected chi connectivity index (χ2v) is 5.57. The van der Waals surface area contributed by atoms with Crippen LogP contribution in [0.4, 0.5) is 0 Å². The summed E-state index contributed by atoms with van der Waals surface area (Å²) in [4.78, 5) is 18.2. The van der Waals surface area contributed by atoms with Crippen molar-refractivity contribution in [1.29, 1.82) is 0 Å². The van der Waals surface area contributed by atoms with Gasteiger partial charge in [0.05, 0.1) is 6.10 Å². The summed E-state index contributed by atoms with van der Waals surface area (Å²) in [6.07, 6.45) is 4.13. The molecule has 1 saturated heterocycles. The second-order valence-electron chi connectivity index (χ2n) is 5.57. The molecule has 1 atom stereocenters. The predicted molar refractivity (Wildman–Crippen MR) is 94.0 cm³/mol. The zero-order valence-corrected chi connectivity index (χ0v) is 15.0. The average molecular weight is 410 g/mol. The SMILES string of the molecule is CCNC(=NCCCC(=O)NC1CC1)N1CC[C@@H](O)C1.I. The number of nitrogens with one attached hydrogen (secondary N) is 2. The lowest BCUT2D eigenvalue weighted by molar-refractivity contribution is -0.121. The van der Waals surface area contributed by atoms with Crippen molar-refractivity contribution in [1.82, 2.24) is 15.5 Å². The van der Waals surface area contributed by atoms with E-state index in [0.717, 1.165) is 44.7 Å². The van der Waals surface area contributed by atoms with Crippen LogP contribution in [0, 0.1) is 0 Å². The van der Waals surface area contributed by atoms with Crippen LogP contribution in [0.3, 0.4) is 0 Å². The van der Waals surface area contributed by atoms with Crippen LogP contribution in [0.25, 0.3) is 0 Å². The second kappa shape index (κ2) is 9.45. The van der Waals surface area contributed by atoms with Crippen molar-refractivity contribution in [2.24, 2.45) is 4.99 Å². The Bertz CT molecular complexity index is 361. The summed E-state index contributed by atoms with van der Waals surface area (Å²) in [6.45, 7) is 4.98. The molecule has 1 heterocycles. The molecule has 2 fully saturated rings. The Morgan fingerprint density at radius 1 is 1.38 bits per heavy atom. The van der Waals surface area contributed by atoms with Gasteiger partial charge in [-0.3, -0.25) is 9.79 Å². The van der Waals surface area contributed by atoms with Crippen LogP contribution in [0.5, 0.6) is 0 Å². The number of hydrogen-bond acceptors (Lipinski definition) is 3. The van der Waals surface area contributed by atoms with E-state index < -0.39 is 0 Å². The van der Waals surface area contributed by atoms with Gasteiger partial charge >= 0.3 is 0 Å². The minimum Gasteiger partial charge on any atom is -0.391 e. The summed E-state index contributed by atoms with van der Waals surface area (Å²) < 4.78 is 0. The van der Waals surface area contributed by atoms with Gasteiger partial charge in [0.2, 0.25) is 5.91 Å². The number of carbonyl (C=O) groups excluding carboxylic acids is 1. The first kappa shape index (κ1) is 18.5. The van der Waals surface area contributed by atoms with Crippen molar-refractivity contribution in [2.75, 3.05) is 26.2 Å². The molecule has 21 heavy (non-hydrogen) atoms. The molecule has 0 bridgehead atoms. The summed E-state index contributed by atoms with van der Waals surface area (Å²) in [7, 11) is 0. The molecule has 0 aromatic rings. The molecular weight excluding hydrogens is 383 g/mol. The lowest BCUT2D eigenvalue weighted by Crippen LogP contribution is -2.40. The molecule has 0 spiro atoms. The Balaban J connectivity index is 0.00000220. The summed E-state index contributed by atoms with van der Waals surface area (Å²) in [5.41, 5.74) is 0. The maximum Gasteiger partial charge on any atom is 0.220 e. The first-order chi connectivity index (χ1) is 9.69. The van der Waals surface area contributed by atoms with E-state index in [0.29, 0.717) is 25.6 Å². The van der Waals surface area contributed by atoms with Gasteiger partial charge < -0.3 is 20.6 Å². The van der Waals surface area contributed by atoms with E-state index in [1.165, 1.54) is 0 Å². The van der Waals surface area contributed by atoms with E-state index >= 15 is 0 Å². The summed E-state index contributed by atoms with van der Waals surface area (Å²) in [6, 6.07) is 0.439. The Kier molecular flexibility index (Phi) is 8.31. The third kappa shape index (κ3) is 6.82. The van der Waals surface area contributed by atoms with Gasteiger partial charge in [-0.05, 0) is 32.6 Å². The van der Waals surface area contributed by atoms with Crippen LogP contribution in [0.2, 0.25) is 0 Å². The zero-order chi connectivity index (χ0) is 14.4. The molecular formula is C14H27IN4O2. The Morgan fingerprint density at radius 2 is 2.14 bits per heavy atom. The minimum atomic E-state index is -0.247. The standard InChI is InChI=1S/C14H26N4O2.HI/c1-2-15-14(18-9-7-12(19)10-18)16-8-3-4-13(20)17-11-5-6-11;/h11-12,19H,2-10H2,1H3,(H,15,16)(H,17,20);1H/t12-;/m1./s1. The summed E-state index contributed by atoms with van der Waals surface area (Å²) in [5.74, 6) is 0.996. The number of guanidine groups is 1. The van der Waals surface area contributed by atoms with Crippen molar-refractivity contribution >= 4 is 35.8 Å². The first-order valence-corrected chi connectivity index (χ1v) is 7.69. The number of halogens is 1. The number of aliphatic imine (C=N–C) groups is 1. The van der Waals surface area contributed by atoms with Crippen molar-refractivity contribution in [3.05, 3.63) is 0 Å². The lowest BCUT2D eigenvalue weighted by atomic mass is 10.3. The van der Waals surface area contributed by atoms with Crippen LogP contribution >= 0.6 is 24.0 Å². The summed E-state index contributed by atoms with van der Waals surface area (Å²) in [5, 5.41) is 15.8. The van der Waals surface area contributed by atoms with Gasteiger partial charge in [-0.2, -0.15) is 0 Å². The van der Waals surface area contributed by atoms with Gasteiger partial charge in [0, 0.05) is 38.6 Å². The molecule has 0 radical (unpaired) electrons. The molecule has 2 aliphatic rings. The molecule has 0 aromatic carbocycles. The molecule has 1 aliphatic carbocycles. The highest BCUT2D eigenvalue weighted by molar-refractivity contribution is 14.0. The highest BCUT2D eigenvalue weighted by atomic mass is 127. The molecule has 6 nitrogen and oxygen atoms in total. The van der Waals surface area contributed by atoms with Crippen molar-refractivity contribution in [3.63, 3.8) is 0 Å². The molecule has 3 N–H and O–H groups in total. The fourth-order valence-electron chi connectivity index (χ4n) is 2.31. The quantitative estimate of drug-likeness (QED) is 0.261. The zero-order valence-electron chi connectivity index (χ0n) is 12.7. The molecule has 122 valence electrons. The fourth-order valence-corrected chi connectivity index (χ4v) is 2.31. The monoisotopic (exact) mass is 410 g/mol. The number of aliphatic hydroxyl groups excluding tert-OH is 1. The van der Waals surface area contributed by atoms with Crippen LogP contribution in [0.1, 0.15) is 39.0 Å². The number of aliphatic hydroxyl groups is 1. The smallest absolute Gasteiger partial charge is 0.220 e. The highest BCUT2D eigenvalue weighted by Crippen LogP contribution is 2.18. The van der Waals surface area contributed by atoms with Crippen LogP contribution in [-0.2, 0) is 4.79 Å². The van der Waals surface area contributed by atoms with Crippen molar-refractivity contribution in [2.45, 2.75) is 51.2 Å². The number of hydrogen-bond donors (Lipinski definition) is 3. The number of β-amino-alcohol motifs (C(OH)–C–C–N with tert-alkyl or cyclic N) is 1. The molecule has 1 aliphatic heterocycles. The van der Waals surface area contributed by atoms with Crippen molar-refractivity contribution < 1.29 is 9.90 Å². The normalized spacial score (nSPS) is 21.9. The highest BCUT2D eigenvalue weighted by Gasteiger charge is 2.23. The summed E-state index contributed by atoms with van der Waals surface area (Å²) >= 11 is 0. The van der Waals surface area contributed by atoms with Crippen LogP contribution in [0.15, 0.2) is 4.99 Å². The molecule has 2 rings (SSSR count). The Labute approximate surface area is 143 Å². The molecule has 1 amide bonds. The molecule has 0 aromatic heterocycles. The minimum absolute atomic E-state index is 0. The van der Waals surface area contributed by atoms with Gasteiger partial charge in [0.15, 0.2) is 5.96 Å². The fraction of sp³-hybridized carbons (Fsp3) is 0.857. The van der Waals surface area contributed by atoms with Gasteiger partial charge in [-0.15, -0.1) is 24.0 Å².